The van der Waals surface area contributed by atoms with Crippen molar-refractivity contribution in [1.29, 1.82) is 0 Å². The third kappa shape index (κ3) is 3.12. The van der Waals surface area contributed by atoms with Crippen LogP contribution in [0, 0.1) is 0 Å². The predicted octanol–water partition coefficient (Wildman–Crippen LogP) is 1.91. The number of rotatable bonds is 1. The van der Waals surface area contributed by atoms with Crippen LogP contribution in [0.5, 0.6) is 0 Å². The summed E-state index contributed by atoms with van der Waals surface area (Å²) in [5.74, 6) is 0. The summed E-state index contributed by atoms with van der Waals surface area (Å²) in [7, 11) is 5.73. The molecule has 17 heavy (non-hydrogen) atoms. The first-order chi connectivity index (χ1) is 7.56. The molecular formula is C13H27N3O. The Morgan fingerprint density at radius 3 is 1.94 bits per heavy atom. The van der Waals surface area contributed by atoms with Gasteiger partial charge in [0.15, 0.2) is 0 Å². The van der Waals surface area contributed by atoms with Crippen molar-refractivity contribution < 1.29 is 4.79 Å². The van der Waals surface area contributed by atoms with E-state index < -0.39 is 0 Å². The summed E-state index contributed by atoms with van der Waals surface area (Å²) in [5.41, 5.74) is 0.234. The van der Waals surface area contributed by atoms with Gasteiger partial charge in [-0.2, -0.15) is 0 Å². The monoisotopic (exact) mass is 241 g/mol. The van der Waals surface area contributed by atoms with Crippen LogP contribution in [0.15, 0.2) is 0 Å². The van der Waals surface area contributed by atoms with E-state index in [1.807, 2.05) is 0 Å². The quantitative estimate of drug-likeness (QED) is 0.761. The molecule has 0 bridgehead atoms. The second-order valence-electron chi connectivity index (χ2n) is 6.63. The number of carbonyl (C=O) groups is 1. The molecule has 0 aromatic rings. The molecule has 0 atom stereocenters. The van der Waals surface area contributed by atoms with Gasteiger partial charge >= 0.3 is 6.03 Å². The summed E-state index contributed by atoms with van der Waals surface area (Å²) in [6.45, 7) is 8.96. The summed E-state index contributed by atoms with van der Waals surface area (Å²) < 4.78 is 0. The predicted molar refractivity (Wildman–Crippen MR) is 71.2 cm³/mol. The molecule has 100 valence electrons. The summed E-state index contributed by atoms with van der Waals surface area (Å²) in [6, 6.07) is 0.261. The first kappa shape index (κ1) is 14.3. The minimum atomic E-state index is 0.00570. The highest BCUT2D eigenvalue weighted by atomic mass is 16.2. The Labute approximate surface area is 105 Å². The Morgan fingerprint density at radius 2 is 1.59 bits per heavy atom. The molecule has 0 aliphatic carbocycles. The Hall–Kier alpha value is -0.770. The summed E-state index contributed by atoms with van der Waals surface area (Å²) >= 11 is 0. The van der Waals surface area contributed by atoms with E-state index in [2.05, 4.69) is 45.0 Å². The molecule has 0 aromatic carbocycles. The minimum Gasteiger partial charge on any atom is -0.335 e. The third-order valence-corrected chi connectivity index (χ3v) is 4.04. The van der Waals surface area contributed by atoms with Gasteiger partial charge in [0, 0.05) is 31.2 Å². The summed E-state index contributed by atoms with van der Waals surface area (Å²) in [5, 5.41) is 3.11. The molecular weight excluding hydrogens is 214 g/mol. The van der Waals surface area contributed by atoms with E-state index in [1.54, 1.807) is 19.0 Å². The Morgan fingerprint density at radius 1 is 1.18 bits per heavy atom. The molecule has 0 radical (unpaired) electrons. The van der Waals surface area contributed by atoms with E-state index in [1.165, 1.54) is 0 Å². The lowest BCUT2D eigenvalue weighted by molar-refractivity contribution is -0.0163. The maximum absolute atomic E-state index is 11.7. The van der Waals surface area contributed by atoms with Gasteiger partial charge in [-0.05, 0) is 47.6 Å². The van der Waals surface area contributed by atoms with Gasteiger partial charge in [-0.25, -0.2) is 4.79 Å². The van der Waals surface area contributed by atoms with E-state index in [0.29, 0.717) is 0 Å². The molecule has 1 rings (SSSR count). The molecule has 1 saturated heterocycles. The molecule has 1 N–H and O–H groups in total. The van der Waals surface area contributed by atoms with Gasteiger partial charge in [0.1, 0.15) is 0 Å². The topological polar surface area (TPSA) is 35.6 Å². The van der Waals surface area contributed by atoms with Crippen LogP contribution < -0.4 is 5.32 Å². The molecule has 0 saturated carbocycles. The van der Waals surface area contributed by atoms with E-state index in [-0.39, 0.29) is 23.2 Å². The van der Waals surface area contributed by atoms with E-state index in [0.717, 1.165) is 12.8 Å². The van der Waals surface area contributed by atoms with Gasteiger partial charge in [0.2, 0.25) is 0 Å². The lowest BCUT2D eigenvalue weighted by Gasteiger charge is -2.53. The lowest BCUT2D eigenvalue weighted by Crippen LogP contribution is -2.63. The number of urea groups is 1. The number of hydrogen-bond donors (Lipinski definition) is 1. The fraction of sp³-hybridized carbons (Fsp3) is 0.923. The average molecular weight is 241 g/mol. The van der Waals surface area contributed by atoms with E-state index >= 15 is 0 Å². The van der Waals surface area contributed by atoms with Crippen LogP contribution in [0.2, 0.25) is 0 Å². The van der Waals surface area contributed by atoms with Gasteiger partial charge < -0.3 is 10.2 Å². The molecule has 0 aromatic heterocycles. The molecule has 0 spiro atoms. The standard InChI is InChI=1S/C13H27N3O/c1-12(2)8-10(14-11(17)15(5)6)9-13(3,4)16(12)7/h10H,8-9H2,1-7H3,(H,14,17). The zero-order chi connectivity index (χ0) is 13.4. The number of hydrogen-bond acceptors (Lipinski definition) is 2. The van der Waals surface area contributed by atoms with Crippen LogP contribution in [0.1, 0.15) is 40.5 Å². The minimum absolute atomic E-state index is 0.00570. The lowest BCUT2D eigenvalue weighted by atomic mass is 9.77. The van der Waals surface area contributed by atoms with E-state index in [9.17, 15) is 4.79 Å². The SMILES string of the molecule is CN(C)C(=O)NC1CC(C)(C)N(C)C(C)(C)C1. The van der Waals surface area contributed by atoms with Crippen molar-refractivity contribution in [3.8, 4) is 0 Å². The Balaban J connectivity index is 2.75. The highest BCUT2D eigenvalue weighted by Crippen LogP contribution is 2.36. The molecule has 1 fully saturated rings. The second kappa shape index (κ2) is 4.48. The fourth-order valence-electron chi connectivity index (χ4n) is 2.78. The molecule has 2 amide bonds. The van der Waals surface area contributed by atoms with Gasteiger partial charge in [0.05, 0.1) is 0 Å². The van der Waals surface area contributed by atoms with Crippen LogP contribution in [-0.2, 0) is 0 Å². The highest BCUT2D eigenvalue weighted by Gasteiger charge is 2.43. The Kier molecular flexibility index (Phi) is 3.77. The largest absolute Gasteiger partial charge is 0.335 e. The molecule has 1 heterocycles. The molecule has 1 aliphatic rings. The second-order valence-corrected chi connectivity index (χ2v) is 6.63. The number of amides is 2. The van der Waals surface area contributed by atoms with Crippen LogP contribution in [-0.4, -0.2) is 54.1 Å². The number of piperidine rings is 1. The normalized spacial score (nSPS) is 24.4. The average Bonchev–Trinajstić information content (AvgIpc) is 2.12. The van der Waals surface area contributed by atoms with Crippen LogP contribution >= 0.6 is 0 Å². The molecule has 0 unspecified atom stereocenters. The van der Waals surface area contributed by atoms with Crippen LogP contribution in [0.4, 0.5) is 4.79 Å². The highest BCUT2D eigenvalue weighted by molar-refractivity contribution is 5.73. The van der Waals surface area contributed by atoms with Gasteiger partial charge in [-0.3, -0.25) is 4.90 Å². The van der Waals surface area contributed by atoms with Gasteiger partial charge in [-0.1, -0.05) is 0 Å². The summed E-state index contributed by atoms with van der Waals surface area (Å²) in [6.07, 6.45) is 1.99. The zero-order valence-corrected chi connectivity index (χ0v) is 12.3. The molecule has 1 aliphatic heterocycles. The number of nitrogens with one attached hydrogen (secondary N) is 1. The summed E-state index contributed by atoms with van der Waals surface area (Å²) in [4.78, 5) is 15.7. The van der Waals surface area contributed by atoms with Gasteiger partial charge in [0.25, 0.3) is 0 Å². The molecule has 4 nitrogen and oxygen atoms in total. The van der Waals surface area contributed by atoms with Gasteiger partial charge in [-0.15, -0.1) is 0 Å². The molecule has 4 heteroatoms. The first-order valence-corrected chi connectivity index (χ1v) is 6.28. The maximum Gasteiger partial charge on any atom is 0.317 e. The van der Waals surface area contributed by atoms with Crippen molar-refractivity contribution in [2.45, 2.75) is 57.7 Å². The smallest absolute Gasteiger partial charge is 0.317 e. The van der Waals surface area contributed by atoms with Crippen molar-refractivity contribution in [2.24, 2.45) is 0 Å². The van der Waals surface area contributed by atoms with E-state index in [4.69, 9.17) is 0 Å². The maximum atomic E-state index is 11.7. The number of likely N-dealkylation sites (tertiary alicyclic amines) is 1. The van der Waals surface area contributed by atoms with Crippen molar-refractivity contribution in [3.05, 3.63) is 0 Å². The van der Waals surface area contributed by atoms with Crippen molar-refractivity contribution in [1.82, 2.24) is 15.1 Å². The third-order valence-electron chi connectivity index (χ3n) is 4.04. The van der Waals surface area contributed by atoms with Crippen LogP contribution in [0.3, 0.4) is 0 Å². The van der Waals surface area contributed by atoms with Crippen molar-refractivity contribution in [3.63, 3.8) is 0 Å². The number of carbonyl (C=O) groups excluding carboxylic acids is 1. The zero-order valence-electron chi connectivity index (χ0n) is 12.3. The number of nitrogens with zero attached hydrogens (tertiary/aromatic N) is 2. The fourth-order valence-corrected chi connectivity index (χ4v) is 2.78. The van der Waals surface area contributed by atoms with Crippen LogP contribution in [0.25, 0.3) is 0 Å². The van der Waals surface area contributed by atoms with Crippen molar-refractivity contribution in [2.75, 3.05) is 21.1 Å². The van der Waals surface area contributed by atoms with Crippen molar-refractivity contribution >= 4 is 6.03 Å². The first-order valence-electron chi connectivity index (χ1n) is 6.28. The Bertz CT molecular complexity index is 279.